The van der Waals surface area contributed by atoms with E-state index in [1.807, 2.05) is 18.2 Å². The van der Waals surface area contributed by atoms with Gasteiger partial charge >= 0.3 is 0 Å². The van der Waals surface area contributed by atoms with Crippen LogP contribution in [0.2, 0.25) is 0 Å². The lowest BCUT2D eigenvalue weighted by atomic mass is 10.1. The molecule has 4 nitrogen and oxygen atoms in total. The summed E-state index contributed by atoms with van der Waals surface area (Å²) in [6, 6.07) is 14.4. The van der Waals surface area contributed by atoms with E-state index in [4.69, 9.17) is 0 Å². The zero-order valence-electron chi connectivity index (χ0n) is 11.0. The topological polar surface area (TPSA) is 46.1 Å². The predicted molar refractivity (Wildman–Crippen MR) is 79.7 cm³/mol. The first-order valence-electron chi connectivity index (χ1n) is 6.25. The van der Waals surface area contributed by atoms with E-state index in [1.165, 1.54) is 17.0 Å². The highest BCUT2D eigenvalue weighted by molar-refractivity contribution is 6.99. The van der Waals surface area contributed by atoms with E-state index in [1.54, 1.807) is 11.9 Å². The van der Waals surface area contributed by atoms with E-state index in [0.29, 0.717) is 12.2 Å². The number of aromatic nitrogens is 2. The molecule has 5 heteroatoms. The molecule has 100 valence electrons. The molecule has 0 aliphatic carbocycles. The third-order valence-electron chi connectivity index (χ3n) is 3.16. The Labute approximate surface area is 121 Å². The van der Waals surface area contributed by atoms with E-state index in [2.05, 4.69) is 33.0 Å². The van der Waals surface area contributed by atoms with Crippen LogP contribution >= 0.6 is 11.7 Å². The zero-order valence-corrected chi connectivity index (χ0v) is 11.8. The Hall–Kier alpha value is -2.27. The van der Waals surface area contributed by atoms with Gasteiger partial charge in [-0.25, -0.2) is 0 Å². The molecule has 2 aromatic carbocycles. The van der Waals surface area contributed by atoms with Crippen LogP contribution in [-0.4, -0.2) is 26.6 Å². The Morgan fingerprint density at radius 2 is 2.00 bits per heavy atom. The molecule has 0 N–H and O–H groups in total. The molecule has 20 heavy (non-hydrogen) atoms. The number of rotatable bonds is 3. The second-order valence-electron chi connectivity index (χ2n) is 4.64. The van der Waals surface area contributed by atoms with Gasteiger partial charge < -0.3 is 4.90 Å². The molecule has 0 unspecified atom stereocenters. The van der Waals surface area contributed by atoms with E-state index in [-0.39, 0.29) is 5.91 Å². The second kappa shape index (κ2) is 5.38. The summed E-state index contributed by atoms with van der Waals surface area (Å²) in [5.41, 5.74) is 1.50. The quantitative estimate of drug-likeness (QED) is 0.742. The van der Waals surface area contributed by atoms with Crippen molar-refractivity contribution in [2.45, 2.75) is 6.54 Å². The molecule has 1 aromatic heterocycles. The predicted octanol–water partition coefficient (Wildman–Crippen LogP) is 2.96. The lowest BCUT2D eigenvalue weighted by Gasteiger charge is -2.16. The molecule has 0 aliphatic rings. The van der Waals surface area contributed by atoms with Crippen LogP contribution in [0.4, 0.5) is 0 Å². The average molecular weight is 283 g/mol. The minimum atomic E-state index is -0.105. The number of hydrogen-bond donors (Lipinski definition) is 0. The number of fused-ring (bicyclic) bond motifs is 1. The van der Waals surface area contributed by atoms with Crippen molar-refractivity contribution >= 4 is 28.4 Å². The Morgan fingerprint density at radius 1 is 1.20 bits per heavy atom. The van der Waals surface area contributed by atoms with Gasteiger partial charge in [0.25, 0.3) is 5.91 Å². The standard InChI is InChI=1S/C15H13N3OS/c1-18(15(19)14-9-16-20-17-14)10-11-6-7-12-4-2-3-5-13(12)8-11/h2-9H,10H2,1H3. The highest BCUT2D eigenvalue weighted by Crippen LogP contribution is 2.17. The molecule has 1 amide bonds. The largest absolute Gasteiger partial charge is 0.336 e. The van der Waals surface area contributed by atoms with Crippen molar-refractivity contribution in [2.75, 3.05) is 7.05 Å². The van der Waals surface area contributed by atoms with Gasteiger partial charge in [-0.05, 0) is 22.4 Å². The molecular weight excluding hydrogens is 270 g/mol. The highest BCUT2D eigenvalue weighted by Gasteiger charge is 2.14. The molecular formula is C15H13N3OS. The first kappa shape index (κ1) is 12.7. The third-order valence-corrected chi connectivity index (χ3v) is 3.64. The van der Waals surface area contributed by atoms with Gasteiger partial charge in [-0.2, -0.15) is 8.75 Å². The maximum atomic E-state index is 12.1. The molecule has 0 spiro atoms. The summed E-state index contributed by atoms with van der Waals surface area (Å²) in [5, 5.41) is 2.38. The van der Waals surface area contributed by atoms with Crippen molar-refractivity contribution in [3.8, 4) is 0 Å². The molecule has 1 heterocycles. The lowest BCUT2D eigenvalue weighted by Crippen LogP contribution is -2.26. The number of carbonyl (C=O) groups is 1. The Balaban J connectivity index is 1.80. The van der Waals surface area contributed by atoms with Crippen LogP contribution in [-0.2, 0) is 6.54 Å². The summed E-state index contributed by atoms with van der Waals surface area (Å²) in [5.74, 6) is -0.105. The van der Waals surface area contributed by atoms with Gasteiger partial charge in [0.05, 0.1) is 17.9 Å². The maximum absolute atomic E-state index is 12.1. The minimum Gasteiger partial charge on any atom is -0.336 e. The fourth-order valence-corrected chi connectivity index (χ4v) is 2.54. The SMILES string of the molecule is CN(Cc1ccc2ccccc2c1)C(=O)c1cnsn1. The highest BCUT2D eigenvalue weighted by atomic mass is 32.1. The fraction of sp³-hybridized carbons (Fsp3) is 0.133. The van der Waals surface area contributed by atoms with Gasteiger partial charge in [-0.1, -0.05) is 36.4 Å². The van der Waals surface area contributed by atoms with E-state index in [0.717, 1.165) is 17.3 Å². The van der Waals surface area contributed by atoms with Crippen molar-refractivity contribution in [2.24, 2.45) is 0 Å². The Kier molecular flexibility index (Phi) is 3.43. The smallest absolute Gasteiger partial charge is 0.275 e. The number of hydrogen-bond acceptors (Lipinski definition) is 4. The minimum absolute atomic E-state index is 0.105. The summed E-state index contributed by atoms with van der Waals surface area (Å²) < 4.78 is 7.82. The second-order valence-corrected chi connectivity index (χ2v) is 5.19. The van der Waals surface area contributed by atoms with Crippen molar-refractivity contribution in [1.82, 2.24) is 13.6 Å². The average Bonchev–Trinajstić information content (AvgIpc) is 3.00. The number of carbonyl (C=O) groups excluding carboxylic acids is 1. The van der Waals surface area contributed by atoms with Crippen LogP contribution in [0.5, 0.6) is 0 Å². The summed E-state index contributed by atoms with van der Waals surface area (Å²) in [6.45, 7) is 0.557. The molecule has 0 fully saturated rings. The molecule has 0 radical (unpaired) electrons. The van der Waals surface area contributed by atoms with Crippen molar-refractivity contribution in [3.05, 3.63) is 59.9 Å². The Morgan fingerprint density at radius 3 is 2.75 bits per heavy atom. The van der Waals surface area contributed by atoms with Crippen molar-refractivity contribution in [1.29, 1.82) is 0 Å². The van der Waals surface area contributed by atoms with Crippen LogP contribution in [0.25, 0.3) is 10.8 Å². The third kappa shape index (κ3) is 2.53. The molecule has 3 aromatic rings. The van der Waals surface area contributed by atoms with Crippen LogP contribution < -0.4 is 0 Å². The van der Waals surface area contributed by atoms with Crippen LogP contribution in [0.3, 0.4) is 0 Å². The number of amides is 1. The summed E-state index contributed by atoms with van der Waals surface area (Å²) >= 11 is 1.05. The van der Waals surface area contributed by atoms with Crippen LogP contribution in [0, 0.1) is 0 Å². The van der Waals surface area contributed by atoms with Gasteiger partial charge in [-0.15, -0.1) is 0 Å². The number of nitrogens with zero attached hydrogens (tertiary/aromatic N) is 3. The van der Waals surface area contributed by atoms with Gasteiger partial charge in [-0.3, -0.25) is 4.79 Å². The van der Waals surface area contributed by atoms with Gasteiger partial charge in [0.15, 0.2) is 5.69 Å². The first-order chi connectivity index (χ1) is 9.74. The Bertz CT molecular complexity index is 740. The van der Waals surface area contributed by atoms with Crippen molar-refractivity contribution in [3.63, 3.8) is 0 Å². The monoisotopic (exact) mass is 283 g/mol. The molecule has 0 aliphatic heterocycles. The summed E-state index contributed by atoms with van der Waals surface area (Å²) in [6.07, 6.45) is 1.50. The van der Waals surface area contributed by atoms with Crippen LogP contribution in [0.15, 0.2) is 48.7 Å². The zero-order chi connectivity index (χ0) is 13.9. The van der Waals surface area contributed by atoms with Crippen molar-refractivity contribution < 1.29 is 4.79 Å². The van der Waals surface area contributed by atoms with E-state index in [9.17, 15) is 4.79 Å². The maximum Gasteiger partial charge on any atom is 0.275 e. The molecule has 0 saturated carbocycles. The van der Waals surface area contributed by atoms with E-state index < -0.39 is 0 Å². The first-order valence-corrected chi connectivity index (χ1v) is 6.98. The van der Waals surface area contributed by atoms with Gasteiger partial charge in [0.2, 0.25) is 0 Å². The van der Waals surface area contributed by atoms with Gasteiger partial charge in [0, 0.05) is 13.6 Å². The summed E-state index contributed by atoms with van der Waals surface area (Å²) in [4.78, 5) is 13.8. The lowest BCUT2D eigenvalue weighted by molar-refractivity contribution is 0.0780. The summed E-state index contributed by atoms with van der Waals surface area (Å²) in [7, 11) is 1.77. The molecule has 3 rings (SSSR count). The molecule has 0 bridgehead atoms. The number of benzene rings is 2. The van der Waals surface area contributed by atoms with Crippen LogP contribution in [0.1, 0.15) is 16.1 Å². The molecule has 0 atom stereocenters. The van der Waals surface area contributed by atoms with Gasteiger partial charge in [0.1, 0.15) is 0 Å². The normalized spacial score (nSPS) is 10.7. The molecule has 0 saturated heterocycles. The fourth-order valence-electron chi connectivity index (χ4n) is 2.14. The van der Waals surface area contributed by atoms with E-state index >= 15 is 0 Å².